The number of likely N-dealkylation sites (N-methyl/N-ethyl adjacent to an activating group) is 1. The van der Waals surface area contributed by atoms with Crippen molar-refractivity contribution < 1.29 is 9.21 Å². The molecule has 0 spiro atoms. The zero-order chi connectivity index (χ0) is 13.8. The molecule has 1 N–H and O–H groups in total. The topological polar surface area (TPSA) is 45.5 Å². The van der Waals surface area contributed by atoms with Crippen molar-refractivity contribution in [2.45, 2.75) is 13.3 Å². The molecule has 2 rings (SSSR count). The van der Waals surface area contributed by atoms with Crippen LogP contribution < -0.4 is 5.32 Å². The van der Waals surface area contributed by atoms with Crippen molar-refractivity contribution in [2.24, 2.45) is 0 Å². The molecular formula is C15H20N2O2. The number of hydrogen-bond donors (Lipinski definition) is 1. The van der Waals surface area contributed by atoms with Gasteiger partial charge in [-0.1, -0.05) is 11.6 Å². The fourth-order valence-electron chi connectivity index (χ4n) is 1.99. The maximum absolute atomic E-state index is 11.8. The van der Waals surface area contributed by atoms with Gasteiger partial charge in [0.05, 0.1) is 12.7 Å². The van der Waals surface area contributed by atoms with E-state index in [1.54, 1.807) is 6.26 Å². The standard InChI is InChI=1S/C15H20N2O2/c1-11-4-5-14-13(8-11)12(10-19-14)9-15(18)16-6-7-17(2)3/h4-5,8,10H,6-7,9H2,1-3H3,(H,16,18). The largest absolute Gasteiger partial charge is 0.464 e. The molecule has 0 bridgehead atoms. The van der Waals surface area contributed by atoms with Crippen molar-refractivity contribution in [1.29, 1.82) is 0 Å². The second-order valence-corrected chi connectivity index (χ2v) is 5.09. The summed E-state index contributed by atoms with van der Waals surface area (Å²) in [6.07, 6.45) is 2.04. The van der Waals surface area contributed by atoms with E-state index in [4.69, 9.17) is 4.42 Å². The number of aryl methyl sites for hydroxylation is 1. The first-order valence-corrected chi connectivity index (χ1v) is 6.44. The molecule has 1 heterocycles. The van der Waals surface area contributed by atoms with E-state index in [0.29, 0.717) is 13.0 Å². The van der Waals surface area contributed by atoms with E-state index in [1.807, 2.05) is 38.1 Å². The lowest BCUT2D eigenvalue weighted by atomic mass is 10.1. The number of nitrogens with zero attached hydrogens (tertiary/aromatic N) is 1. The van der Waals surface area contributed by atoms with Gasteiger partial charge in [-0.15, -0.1) is 0 Å². The van der Waals surface area contributed by atoms with Gasteiger partial charge in [0.2, 0.25) is 5.91 Å². The molecule has 1 aromatic carbocycles. The smallest absolute Gasteiger partial charge is 0.224 e. The second kappa shape index (κ2) is 5.89. The second-order valence-electron chi connectivity index (χ2n) is 5.09. The van der Waals surface area contributed by atoms with Crippen LogP contribution in [0.25, 0.3) is 11.0 Å². The molecule has 0 fully saturated rings. The average molecular weight is 260 g/mol. The van der Waals surface area contributed by atoms with Crippen LogP contribution in [0.1, 0.15) is 11.1 Å². The highest BCUT2D eigenvalue weighted by Crippen LogP contribution is 2.22. The summed E-state index contributed by atoms with van der Waals surface area (Å²) in [4.78, 5) is 13.9. The summed E-state index contributed by atoms with van der Waals surface area (Å²) in [5.41, 5.74) is 2.95. The SMILES string of the molecule is Cc1ccc2occ(CC(=O)NCCN(C)C)c2c1. The molecule has 0 saturated heterocycles. The summed E-state index contributed by atoms with van der Waals surface area (Å²) in [5.74, 6) is 0.0334. The van der Waals surface area contributed by atoms with Crippen LogP contribution >= 0.6 is 0 Å². The highest BCUT2D eigenvalue weighted by atomic mass is 16.3. The fraction of sp³-hybridized carbons (Fsp3) is 0.400. The van der Waals surface area contributed by atoms with Gasteiger partial charge in [-0.05, 0) is 33.2 Å². The van der Waals surface area contributed by atoms with Gasteiger partial charge < -0.3 is 14.6 Å². The van der Waals surface area contributed by atoms with Crippen LogP contribution in [0.3, 0.4) is 0 Å². The van der Waals surface area contributed by atoms with Crippen LogP contribution in [0.2, 0.25) is 0 Å². The first-order valence-electron chi connectivity index (χ1n) is 6.44. The molecule has 4 heteroatoms. The lowest BCUT2D eigenvalue weighted by molar-refractivity contribution is -0.120. The summed E-state index contributed by atoms with van der Waals surface area (Å²) >= 11 is 0. The van der Waals surface area contributed by atoms with Crippen molar-refractivity contribution >= 4 is 16.9 Å². The molecule has 0 saturated carbocycles. The molecule has 0 atom stereocenters. The van der Waals surface area contributed by atoms with E-state index in [1.165, 1.54) is 5.56 Å². The minimum Gasteiger partial charge on any atom is -0.464 e. The van der Waals surface area contributed by atoms with Gasteiger partial charge in [-0.25, -0.2) is 0 Å². The normalized spacial score (nSPS) is 11.2. The van der Waals surface area contributed by atoms with E-state index in [0.717, 1.165) is 23.1 Å². The third-order valence-electron chi connectivity index (χ3n) is 3.04. The van der Waals surface area contributed by atoms with Gasteiger partial charge in [0, 0.05) is 24.0 Å². The monoisotopic (exact) mass is 260 g/mol. The number of furan rings is 1. The predicted octanol–water partition coefficient (Wildman–Crippen LogP) is 1.96. The first kappa shape index (κ1) is 13.6. The quantitative estimate of drug-likeness (QED) is 0.894. The van der Waals surface area contributed by atoms with Crippen LogP contribution in [-0.4, -0.2) is 38.0 Å². The number of carbonyl (C=O) groups is 1. The summed E-state index contributed by atoms with van der Waals surface area (Å²) in [5, 5.41) is 3.94. The minimum absolute atomic E-state index is 0.0334. The van der Waals surface area contributed by atoms with Gasteiger partial charge >= 0.3 is 0 Å². The van der Waals surface area contributed by atoms with Crippen LogP contribution in [-0.2, 0) is 11.2 Å². The Bertz CT molecular complexity index is 573. The highest BCUT2D eigenvalue weighted by Gasteiger charge is 2.10. The van der Waals surface area contributed by atoms with Crippen molar-refractivity contribution in [3.63, 3.8) is 0 Å². The third-order valence-corrected chi connectivity index (χ3v) is 3.04. The molecule has 1 amide bonds. The predicted molar refractivity (Wildman–Crippen MR) is 76.2 cm³/mol. The number of rotatable bonds is 5. The molecule has 0 unspecified atom stereocenters. The zero-order valence-electron chi connectivity index (χ0n) is 11.7. The third kappa shape index (κ3) is 3.58. The molecule has 0 aliphatic carbocycles. The highest BCUT2D eigenvalue weighted by molar-refractivity contribution is 5.87. The van der Waals surface area contributed by atoms with Crippen molar-refractivity contribution in [3.05, 3.63) is 35.6 Å². The Morgan fingerprint density at radius 1 is 1.37 bits per heavy atom. The van der Waals surface area contributed by atoms with Gasteiger partial charge in [0.1, 0.15) is 5.58 Å². The number of fused-ring (bicyclic) bond motifs is 1. The van der Waals surface area contributed by atoms with E-state index >= 15 is 0 Å². The summed E-state index contributed by atoms with van der Waals surface area (Å²) < 4.78 is 5.46. The lowest BCUT2D eigenvalue weighted by Crippen LogP contribution is -2.32. The van der Waals surface area contributed by atoms with E-state index in [2.05, 4.69) is 11.4 Å². The number of nitrogens with one attached hydrogen (secondary N) is 1. The Morgan fingerprint density at radius 3 is 2.89 bits per heavy atom. The molecule has 0 radical (unpaired) electrons. The molecule has 0 aliphatic rings. The Labute approximate surface area is 113 Å². The molecule has 1 aromatic heterocycles. The molecule has 102 valence electrons. The van der Waals surface area contributed by atoms with Crippen LogP contribution in [0.4, 0.5) is 0 Å². The van der Waals surface area contributed by atoms with Crippen molar-refractivity contribution in [2.75, 3.05) is 27.2 Å². The van der Waals surface area contributed by atoms with Crippen molar-refractivity contribution in [1.82, 2.24) is 10.2 Å². The van der Waals surface area contributed by atoms with E-state index in [9.17, 15) is 4.79 Å². The molecule has 0 aliphatic heterocycles. The van der Waals surface area contributed by atoms with Gasteiger partial charge in [0.25, 0.3) is 0 Å². The molecule has 19 heavy (non-hydrogen) atoms. The Hall–Kier alpha value is -1.81. The summed E-state index contributed by atoms with van der Waals surface area (Å²) in [6.45, 7) is 3.55. The van der Waals surface area contributed by atoms with Gasteiger partial charge in [-0.3, -0.25) is 4.79 Å². The Morgan fingerprint density at radius 2 is 2.16 bits per heavy atom. The zero-order valence-corrected chi connectivity index (χ0v) is 11.7. The summed E-state index contributed by atoms with van der Waals surface area (Å²) in [7, 11) is 3.97. The minimum atomic E-state index is 0.0334. The van der Waals surface area contributed by atoms with Gasteiger partial charge in [0.15, 0.2) is 0 Å². The van der Waals surface area contributed by atoms with E-state index in [-0.39, 0.29) is 5.91 Å². The molecular weight excluding hydrogens is 240 g/mol. The Balaban J connectivity index is 2.01. The molecule has 4 nitrogen and oxygen atoms in total. The average Bonchev–Trinajstić information content (AvgIpc) is 2.71. The number of hydrogen-bond acceptors (Lipinski definition) is 3. The van der Waals surface area contributed by atoms with Gasteiger partial charge in [-0.2, -0.15) is 0 Å². The summed E-state index contributed by atoms with van der Waals surface area (Å²) in [6, 6.07) is 6.01. The lowest BCUT2D eigenvalue weighted by Gasteiger charge is -2.10. The number of benzene rings is 1. The molecule has 2 aromatic rings. The van der Waals surface area contributed by atoms with Crippen LogP contribution in [0.15, 0.2) is 28.9 Å². The fourth-order valence-corrected chi connectivity index (χ4v) is 1.99. The Kier molecular flexibility index (Phi) is 4.22. The van der Waals surface area contributed by atoms with Crippen LogP contribution in [0, 0.1) is 6.92 Å². The first-order chi connectivity index (χ1) is 9.06. The van der Waals surface area contributed by atoms with E-state index < -0.39 is 0 Å². The maximum Gasteiger partial charge on any atom is 0.224 e. The maximum atomic E-state index is 11.8. The van der Waals surface area contributed by atoms with Crippen LogP contribution in [0.5, 0.6) is 0 Å². The number of carbonyl (C=O) groups excluding carboxylic acids is 1. The van der Waals surface area contributed by atoms with Crippen molar-refractivity contribution in [3.8, 4) is 0 Å². The number of amides is 1.